The molecule has 0 bridgehead atoms. The van der Waals surface area contributed by atoms with Crippen LogP contribution in [-0.4, -0.2) is 29.3 Å². The molecule has 7 heteroatoms. The van der Waals surface area contributed by atoms with Crippen molar-refractivity contribution in [3.05, 3.63) is 144 Å². The number of pyridine rings is 3. The molecular weight excluding hydrogens is 556 g/mol. The highest BCUT2D eigenvalue weighted by Crippen LogP contribution is 2.37. The van der Waals surface area contributed by atoms with E-state index in [0.717, 1.165) is 49.8 Å². The lowest BCUT2D eigenvalue weighted by atomic mass is 10.0. The average molecular weight is 579 g/mol. The number of benzene rings is 4. The van der Waals surface area contributed by atoms with Crippen molar-refractivity contribution in [1.29, 1.82) is 0 Å². The van der Waals surface area contributed by atoms with Crippen molar-refractivity contribution in [2.45, 2.75) is 0 Å². The Morgan fingerprint density at radius 3 is 1.62 bits per heavy atom. The van der Waals surface area contributed by atoms with Gasteiger partial charge in [-0.2, -0.15) is 0 Å². The van der Waals surface area contributed by atoms with E-state index in [2.05, 4.69) is 29.2 Å². The maximum absolute atomic E-state index is 14.1. The topological polar surface area (TPSA) is 85.9 Å². The molecule has 0 saturated heterocycles. The first kappa shape index (κ1) is 25.2. The van der Waals surface area contributed by atoms with Gasteiger partial charge in [0.1, 0.15) is 11.3 Å². The van der Waals surface area contributed by atoms with Crippen molar-refractivity contribution in [1.82, 2.24) is 29.3 Å². The zero-order chi connectivity index (χ0) is 29.9. The molecule has 9 rings (SSSR count). The summed E-state index contributed by atoms with van der Waals surface area (Å²) in [5.41, 5.74) is 6.54. The molecular formula is C38H22N6O. The fraction of sp³-hybridized carbons (Fsp3) is 0. The van der Waals surface area contributed by atoms with Crippen LogP contribution in [0.1, 0.15) is 0 Å². The van der Waals surface area contributed by atoms with Gasteiger partial charge in [0.15, 0.2) is 22.9 Å². The third-order valence-electron chi connectivity index (χ3n) is 8.25. The minimum Gasteiger partial charge on any atom is -0.288 e. The normalized spacial score (nSPS) is 11.6. The van der Waals surface area contributed by atoms with Gasteiger partial charge in [-0.3, -0.25) is 9.20 Å². The van der Waals surface area contributed by atoms with Crippen LogP contribution >= 0.6 is 0 Å². The van der Waals surface area contributed by atoms with E-state index >= 15 is 0 Å². The zero-order valence-corrected chi connectivity index (χ0v) is 23.8. The Balaban J connectivity index is 1.39. The fourth-order valence-electron chi connectivity index (χ4n) is 6.15. The molecule has 0 fully saturated rings. The molecule has 9 aromatic rings. The van der Waals surface area contributed by atoms with E-state index in [1.165, 1.54) is 0 Å². The second kappa shape index (κ2) is 9.86. The summed E-state index contributed by atoms with van der Waals surface area (Å²) in [6.45, 7) is 0. The predicted octanol–water partition coefficient (Wildman–Crippen LogP) is 7.84. The first-order valence-electron chi connectivity index (χ1n) is 14.6. The second-order valence-corrected chi connectivity index (χ2v) is 11.0. The van der Waals surface area contributed by atoms with Crippen LogP contribution in [0.2, 0.25) is 0 Å². The van der Waals surface area contributed by atoms with Gasteiger partial charge in [0.05, 0.1) is 10.9 Å². The Morgan fingerprint density at radius 1 is 0.444 bits per heavy atom. The monoisotopic (exact) mass is 578 g/mol. The number of fused-ring (bicyclic) bond motifs is 5. The van der Waals surface area contributed by atoms with Crippen molar-refractivity contribution in [2.24, 2.45) is 0 Å². The van der Waals surface area contributed by atoms with E-state index in [-0.39, 0.29) is 5.43 Å². The fourth-order valence-corrected chi connectivity index (χ4v) is 6.15. The van der Waals surface area contributed by atoms with Crippen molar-refractivity contribution in [3.63, 3.8) is 0 Å². The van der Waals surface area contributed by atoms with E-state index in [1.54, 1.807) is 12.3 Å². The standard InChI is InChI=1S/C38H22N6O/c45-33-28-17-10-18-39-37(28)44-32-29(30-21-27(22-40-38(30)44)23-11-4-1-5-12-23)19-26(20-31(32)33)36-42-34(24-13-6-2-7-14-24)41-35(43-36)25-15-8-3-9-16-25/h1-22H. The van der Waals surface area contributed by atoms with Gasteiger partial charge in [0.2, 0.25) is 0 Å². The first-order valence-corrected chi connectivity index (χ1v) is 14.6. The Labute approximate surface area is 256 Å². The van der Waals surface area contributed by atoms with Gasteiger partial charge in [-0.05, 0) is 35.9 Å². The SMILES string of the molecule is O=c1c2cccnc2n2c3ncc(-c4ccccc4)cc3c3cc(-c4nc(-c5ccccc5)nc(-c5ccccc5)n4)cc1c32. The van der Waals surface area contributed by atoms with Crippen LogP contribution in [0.25, 0.3) is 83.6 Å². The number of aromatic nitrogens is 6. The smallest absolute Gasteiger partial charge is 0.198 e. The molecule has 5 heterocycles. The third kappa shape index (κ3) is 3.98. The van der Waals surface area contributed by atoms with Crippen LogP contribution < -0.4 is 5.43 Å². The van der Waals surface area contributed by atoms with Crippen LogP contribution in [-0.2, 0) is 0 Å². The molecule has 0 radical (unpaired) electrons. The molecule has 0 aliphatic carbocycles. The van der Waals surface area contributed by atoms with Crippen LogP contribution in [0.4, 0.5) is 0 Å². The van der Waals surface area contributed by atoms with Crippen LogP contribution in [0.15, 0.2) is 139 Å². The lowest BCUT2D eigenvalue weighted by Gasteiger charge is -2.10. The predicted molar refractivity (Wildman–Crippen MR) is 178 cm³/mol. The van der Waals surface area contributed by atoms with Gasteiger partial charge in [-0.15, -0.1) is 0 Å². The summed E-state index contributed by atoms with van der Waals surface area (Å²) in [4.78, 5) is 38.4. The molecule has 0 spiro atoms. The van der Waals surface area contributed by atoms with Crippen LogP contribution in [0, 0.1) is 0 Å². The van der Waals surface area contributed by atoms with E-state index in [1.807, 2.05) is 102 Å². The molecule has 0 aliphatic rings. The molecule has 4 aromatic carbocycles. The molecule has 45 heavy (non-hydrogen) atoms. The zero-order valence-electron chi connectivity index (χ0n) is 23.8. The molecule has 0 aliphatic heterocycles. The Morgan fingerprint density at radius 2 is 0.978 bits per heavy atom. The van der Waals surface area contributed by atoms with E-state index in [0.29, 0.717) is 33.9 Å². The summed E-state index contributed by atoms with van der Waals surface area (Å²) >= 11 is 0. The Hall–Kier alpha value is -6.34. The van der Waals surface area contributed by atoms with E-state index < -0.39 is 0 Å². The lowest BCUT2D eigenvalue weighted by molar-refractivity contribution is 1.07. The molecule has 0 N–H and O–H groups in total. The van der Waals surface area contributed by atoms with Gasteiger partial charge < -0.3 is 0 Å². The maximum Gasteiger partial charge on any atom is 0.198 e. The second-order valence-electron chi connectivity index (χ2n) is 11.0. The molecule has 7 nitrogen and oxygen atoms in total. The van der Waals surface area contributed by atoms with Gasteiger partial charge in [-0.25, -0.2) is 24.9 Å². The van der Waals surface area contributed by atoms with Crippen LogP contribution in [0.5, 0.6) is 0 Å². The first-order chi connectivity index (χ1) is 22.2. The van der Waals surface area contributed by atoms with Gasteiger partial charge in [0.25, 0.3) is 0 Å². The van der Waals surface area contributed by atoms with Crippen molar-refractivity contribution >= 4 is 38.4 Å². The number of nitrogens with zero attached hydrogens (tertiary/aromatic N) is 6. The van der Waals surface area contributed by atoms with Crippen molar-refractivity contribution in [3.8, 4) is 45.3 Å². The summed E-state index contributed by atoms with van der Waals surface area (Å²) in [5, 5.41) is 2.89. The summed E-state index contributed by atoms with van der Waals surface area (Å²) in [7, 11) is 0. The minimum absolute atomic E-state index is 0.0934. The highest BCUT2D eigenvalue weighted by molar-refractivity contribution is 6.17. The average Bonchev–Trinajstić information content (AvgIpc) is 3.45. The van der Waals surface area contributed by atoms with Crippen LogP contribution in [0.3, 0.4) is 0 Å². The number of hydrogen-bond acceptors (Lipinski definition) is 6. The Kier molecular flexibility index (Phi) is 5.52. The highest BCUT2D eigenvalue weighted by Gasteiger charge is 2.22. The summed E-state index contributed by atoms with van der Waals surface area (Å²) < 4.78 is 2.01. The maximum atomic E-state index is 14.1. The summed E-state index contributed by atoms with van der Waals surface area (Å²) in [5.74, 6) is 1.60. The third-order valence-corrected chi connectivity index (χ3v) is 8.25. The van der Waals surface area contributed by atoms with Crippen molar-refractivity contribution < 1.29 is 0 Å². The summed E-state index contributed by atoms with van der Waals surface area (Å²) in [6, 6.07) is 39.6. The number of rotatable bonds is 4. The quantitative estimate of drug-likeness (QED) is 0.198. The minimum atomic E-state index is -0.0934. The molecule has 0 unspecified atom stereocenters. The van der Waals surface area contributed by atoms with E-state index in [9.17, 15) is 4.79 Å². The van der Waals surface area contributed by atoms with E-state index in [4.69, 9.17) is 19.9 Å². The van der Waals surface area contributed by atoms with Gasteiger partial charge >= 0.3 is 0 Å². The lowest BCUT2D eigenvalue weighted by Crippen LogP contribution is -2.08. The molecule has 210 valence electrons. The Bertz CT molecular complexity index is 2540. The highest BCUT2D eigenvalue weighted by atomic mass is 16.1. The molecule has 0 atom stereocenters. The largest absolute Gasteiger partial charge is 0.288 e. The van der Waals surface area contributed by atoms with Gasteiger partial charge in [0, 0.05) is 50.8 Å². The van der Waals surface area contributed by atoms with Gasteiger partial charge in [-0.1, -0.05) is 91.0 Å². The number of hydrogen-bond donors (Lipinski definition) is 0. The molecule has 0 saturated carbocycles. The summed E-state index contributed by atoms with van der Waals surface area (Å²) in [6.07, 6.45) is 3.59. The van der Waals surface area contributed by atoms with Crippen molar-refractivity contribution in [2.75, 3.05) is 0 Å². The molecule has 5 aromatic heterocycles. The molecule has 0 amide bonds.